The summed E-state index contributed by atoms with van der Waals surface area (Å²) in [6.45, 7) is 6.06. The van der Waals surface area contributed by atoms with Crippen LogP contribution < -0.4 is 0 Å². The lowest BCUT2D eigenvalue weighted by Crippen LogP contribution is -2.35. The largest absolute Gasteiger partial charge is 0.459 e. The van der Waals surface area contributed by atoms with Crippen molar-refractivity contribution >= 4 is 51.2 Å². The summed E-state index contributed by atoms with van der Waals surface area (Å²) in [5.74, 6) is -0.335. The molecule has 0 amide bonds. The van der Waals surface area contributed by atoms with Crippen molar-refractivity contribution in [1.29, 1.82) is 0 Å². The van der Waals surface area contributed by atoms with E-state index in [4.69, 9.17) is 4.74 Å². The van der Waals surface area contributed by atoms with Gasteiger partial charge in [-0.15, -0.1) is 0 Å². The van der Waals surface area contributed by atoms with Crippen molar-refractivity contribution in [2.75, 3.05) is 6.54 Å². The first-order valence-electron chi connectivity index (χ1n) is 9.04. The van der Waals surface area contributed by atoms with Gasteiger partial charge in [-0.3, -0.25) is 19.7 Å². The van der Waals surface area contributed by atoms with Crippen LogP contribution in [0.15, 0.2) is 24.3 Å². The van der Waals surface area contributed by atoms with Gasteiger partial charge < -0.3 is 14.9 Å². The fourth-order valence-corrected chi connectivity index (χ4v) is 4.16. The van der Waals surface area contributed by atoms with Gasteiger partial charge in [-0.1, -0.05) is 0 Å². The smallest absolute Gasteiger partial charge is 0.320 e. The molecule has 0 unspecified atom stereocenters. The van der Waals surface area contributed by atoms with E-state index in [0.29, 0.717) is 24.5 Å². The van der Waals surface area contributed by atoms with Gasteiger partial charge in [-0.25, -0.2) is 0 Å². The Morgan fingerprint density at radius 1 is 0.931 bits per heavy atom. The molecule has 0 aliphatic carbocycles. The van der Waals surface area contributed by atoms with E-state index < -0.39 is 5.60 Å². The molecule has 2 aromatic heterocycles. The molecule has 0 saturated carbocycles. The Morgan fingerprint density at radius 3 is 1.72 bits per heavy atom. The van der Waals surface area contributed by atoms with Crippen LogP contribution >= 0.6 is 45.2 Å². The highest BCUT2D eigenvalue weighted by molar-refractivity contribution is 14.1. The molecule has 2 rings (SSSR count). The lowest BCUT2D eigenvalue weighted by Gasteiger charge is -2.25. The number of carbonyl (C=O) groups is 1. The highest BCUT2D eigenvalue weighted by Gasteiger charge is 2.20. The first kappa shape index (κ1) is 24.4. The number of nitrogens with zero attached hydrogens (tertiary/aromatic N) is 3. The number of hydrogen-bond acceptors (Lipinski definition) is 7. The number of rotatable bonds is 8. The Kier molecular flexibility index (Phi) is 9.19. The molecule has 158 valence electrons. The zero-order valence-electron chi connectivity index (χ0n) is 16.7. The van der Waals surface area contributed by atoms with E-state index >= 15 is 0 Å². The van der Waals surface area contributed by atoms with Crippen LogP contribution in [0.4, 0.5) is 0 Å². The third-order valence-electron chi connectivity index (χ3n) is 3.66. The maximum Gasteiger partial charge on any atom is 0.320 e. The summed E-state index contributed by atoms with van der Waals surface area (Å²) in [5, 5.41) is 18.9. The molecule has 0 atom stereocenters. The number of esters is 1. The second-order valence-corrected chi connectivity index (χ2v) is 10.1. The van der Waals surface area contributed by atoms with Crippen LogP contribution in [-0.2, 0) is 35.8 Å². The molecule has 9 heteroatoms. The Morgan fingerprint density at radius 2 is 1.34 bits per heavy atom. The van der Waals surface area contributed by atoms with Crippen LogP contribution in [0.3, 0.4) is 0 Å². The molecule has 0 bridgehead atoms. The number of carbonyl (C=O) groups excluding carboxylic acids is 1. The lowest BCUT2D eigenvalue weighted by atomic mass is 10.2. The van der Waals surface area contributed by atoms with E-state index in [0.717, 1.165) is 18.5 Å². The fourth-order valence-electron chi connectivity index (χ4n) is 2.72. The van der Waals surface area contributed by atoms with E-state index in [1.165, 1.54) is 0 Å². The van der Waals surface area contributed by atoms with E-state index in [2.05, 4.69) is 55.1 Å². The van der Waals surface area contributed by atoms with Gasteiger partial charge >= 0.3 is 5.97 Å². The molecule has 2 N–H and O–H groups in total. The highest BCUT2D eigenvalue weighted by Crippen LogP contribution is 2.16. The monoisotopic (exact) mass is 625 g/mol. The van der Waals surface area contributed by atoms with E-state index in [-0.39, 0.29) is 25.7 Å². The molecule has 0 aliphatic rings. The van der Waals surface area contributed by atoms with Crippen LogP contribution in [0.25, 0.3) is 0 Å². The molecule has 7 nitrogen and oxygen atoms in total. The number of ether oxygens (including phenoxy) is 1. The van der Waals surface area contributed by atoms with Gasteiger partial charge in [0.2, 0.25) is 0 Å². The van der Waals surface area contributed by atoms with Gasteiger partial charge in [0.15, 0.2) is 0 Å². The summed E-state index contributed by atoms with van der Waals surface area (Å²) in [6.07, 6.45) is 0. The molecule has 0 aromatic carbocycles. The summed E-state index contributed by atoms with van der Waals surface area (Å²) in [7, 11) is 0. The SMILES string of the molecule is CC(C)(C)OC(=O)CN(Cc1cc(I)cc(CO)n1)Cc1cc(I)cc(CO)n1. The minimum absolute atomic E-state index is 0.0699. The topological polar surface area (TPSA) is 95.8 Å². The third-order valence-corrected chi connectivity index (χ3v) is 4.91. The molecule has 0 saturated heterocycles. The van der Waals surface area contributed by atoms with Crippen LogP contribution in [0, 0.1) is 7.14 Å². The van der Waals surface area contributed by atoms with Crippen LogP contribution in [0.2, 0.25) is 0 Å². The summed E-state index contributed by atoms with van der Waals surface area (Å²) < 4.78 is 7.40. The maximum atomic E-state index is 12.4. The van der Waals surface area contributed by atoms with Crippen molar-refractivity contribution < 1.29 is 19.7 Å². The first-order valence-corrected chi connectivity index (χ1v) is 11.2. The number of pyridine rings is 2. The number of aliphatic hydroxyl groups excluding tert-OH is 2. The molecule has 29 heavy (non-hydrogen) atoms. The average molecular weight is 625 g/mol. The quantitative estimate of drug-likeness (QED) is 0.344. The predicted octanol–water partition coefficient (Wildman–Crippen LogP) is 3.01. The van der Waals surface area contributed by atoms with E-state index in [1.807, 2.05) is 49.9 Å². The van der Waals surface area contributed by atoms with Crippen molar-refractivity contribution in [2.45, 2.75) is 52.7 Å². The van der Waals surface area contributed by atoms with Gasteiger partial charge in [0.1, 0.15) is 5.60 Å². The summed E-state index contributed by atoms with van der Waals surface area (Å²) >= 11 is 4.36. The minimum Gasteiger partial charge on any atom is -0.459 e. The van der Waals surface area contributed by atoms with Gasteiger partial charge in [0.25, 0.3) is 0 Å². The molecular formula is C20H25I2N3O4. The standard InChI is InChI=1S/C20H25I2N3O4/c1-20(2,3)29-19(28)10-25(8-15-4-13(21)6-17(11-26)23-15)9-16-5-14(22)7-18(12-27)24-16/h4-7,26-27H,8-12H2,1-3H3. The molecule has 0 radical (unpaired) electrons. The van der Waals surface area contributed by atoms with E-state index in [1.54, 1.807) is 0 Å². The van der Waals surface area contributed by atoms with Gasteiger partial charge in [0.05, 0.1) is 42.5 Å². The Labute approximate surface area is 198 Å². The Balaban J connectivity index is 2.26. The average Bonchev–Trinajstić information content (AvgIpc) is 2.58. The normalized spacial score (nSPS) is 11.7. The predicted molar refractivity (Wildman–Crippen MR) is 126 cm³/mol. The van der Waals surface area contributed by atoms with Crippen molar-refractivity contribution in [3.05, 3.63) is 54.2 Å². The second kappa shape index (κ2) is 10.9. The molecule has 0 aliphatic heterocycles. The van der Waals surface area contributed by atoms with Crippen molar-refractivity contribution in [3.63, 3.8) is 0 Å². The number of hydrogen-bond donors (Lipinski definition) is 2. The zero-order chi connectivity index (χ0) is 21.6. The lowest BCUT2D eigenvalue weighted by molar-refractivity contribution is -0.156. The Bertz CT molecular complexity index is 801. The van der Waals surface area contributed by atoms with Crippen molar-refractivity contribution in [1.82, 2.24) is 14.9 Å². The number of aromatic nitrogens is 2. The maximum absolute atomic E-state index is 12.4. The van der Waals surface area contributed by atoms with Gasteiger partial charge in [-0.05, 0) is 90.2 Å². The van der Waals surface area contributed by atoms with Crippen LogP contribution in [0.5, 0.6) is 0 Å². The van der Waals surface area contributed by atoms with Crippen LogP contribution in [-0.4, -0.2) is 43.2 Å². The van der Waals surface area contributed by atoms with Gasteiger partial charge in [0, 0.05) is 20.2 Å². The Hall–Kier alpha value is -0.890. The van der Waals surface area contributed by atoms with Crippen molar-refractivity contribution in [2.24, 2.45) is 0 Å². The minimum atomic E-state index is -0.572. The summed E-state index contributed by atoms with van der Waals surface area (Å²) in [4.78, 5) is 23.3. The molecular weight excluding hydrogens is 600 g/mol. The summed E-state index contributed by atoms with van der Waals surface area (Å²) in [6, 6.07) is 7.47. The molecule has 0 fully saturated rings. The van der Waals surface area contributed by atoms with Crippen LogP contribution in [0.1, 0.15) is 43.5 Å². The molecule has 0 spiro atoms. The highest BCUT2D eigenvalue weighted by atomic mass is 127. The molecule has 2 aromatic rings. The first-order chi connectivity index (χ1) is 13.6. The summed E-state index contributed by atoms with van der Waals surface area (Å²) in [5.41, 5.74) is 2.09. The second-order valence-electron chi connectivity index (χ2n) is 7.58. The third kappa shape index (κ3) is 8.79. The zero-order valence-corrected chi connectivity index (χ0v) is 21.0. The number of halogens is 2. The number of aliphatic hydroxyl groups is 2. The van der Waals surface area contributed by atoms with Crippen molar-refractivity contribution in [3.8, 4) is 0 Å². The fraction of sp³-hybridized carbons (Fsp3) is 0.450. The molecule has 2 heterocycles. The van der Waals surface area contributed by atoms with E-state index in [9.17, 15) is 15.0 Å². The van der Waals surface area contributed by atoms with Gasteiger partial charge in [-0.2, -0.15) is 0 Å².